The Hall–Kier alpha value is -3.54. The van der Waals surface area contributed by atoms with Gasteiger partial charge in [-0.3, -0.25) is 19.2 Å². The van der Waals surface area contributed by atoms with E-state index in [2.05, 4.69) is 25.4 Å². The molecule has 1 aromatic carbocycles. The van der Waals surface area contributed by atoms with Crippen molar-refractivity contribution in [3.05, 3.63) is 61.2 Å². The molecule has 3 aliphatic rings. The highest BCUT2D eigenvalue weighted by Gasteiger charge is 2.75. The zero-order valence-corrected chi connectivity index (χ0v) is 28.7. The molecule has 48 heavy (non-hydrogen) atoms. The second kappa shape index (κ2) is 17.2. The van der Waals surface area contributed by atoms with Gasteiger partial charge < -0.3 is 34.4 Å². The highest BCUT2D eigenvalue weighted by Crippen LogP contribution is 2.59. The van der Waals surface area contributed by atoms with E-state index in [0.29, 0.717) is 44.2 Å². The molecular weight excluding hydrogens is 614 g/mol. The number of hydrogen-bond donors (Lipinski definition) is 2. The van der Waals surface area contributed by atoms with Crippen molar-refractivity contribution in [2.24, 2.45) is 11.8 Å². The molecule has 11 heteroatoms. The molecule has 1 unspecified atom stereocenters. The Bertz CT molecular complexity index is 1290. The van der Waals surface area contributed by atoms with Crippen molar-refractivity contribution < 1.29 is 38.5 Å². The molecule has 2 N–H and O–H groups in total. The lowest BCUT2D eigenvalue weighted by Gasteiger charge is -2.39. The van der Waals surface area contributed by atoms with Crippen LogP contribution in [0.5, 0.6) is 0 Å². The van der Waals surface area contributed by atoms with Gasteiger partial charge >= 0.3 is 5.97 Å². The van der Waals surface area contributed by atoms with E-state index >= 15 is 0 Å². The molecule has 1 aromatic rings. The molecule has 0 aliphatic carbocycles. The van der Waals surface area contributed by atoms with E-state index in [0.717, 1.165) is 12.8 Å². The molecule has 8 atom stereocenters. The van der Waals surface area contributed by atoms with Gasteiger partial charge in [0, 0.05) is 39.3 Å². The predicted molar refractivity (Wildman–Crippen MR) is 180 cm³/mol. The summed E-state index contributed by atoms with van der Waals surface area (Å²) >= 11 is 0. The number of nitrogens with one attached hydrogen (secondary N) is 1. The lowest BCUT2D eigenvalue weighted by Crippen LogP contribution is -2.58. The number of aliphatic hydroxyl groups is 1. The van der Waals surface area contributed by atoms with Crippen molar-refractivity contribution in [3.63, 3.8) is 0 Å². The maximum atomic E-state index is 14.5. The number of benzene rings is 1. The van der Waals surface area contributed by atoms with Crippen LogP contribution in [0.2, 0.25) is 0 Å². The number of rotatable bonds is 20. The fraction of sp³-hybridized carbons (Fsp3) is 0.622. The maximum absolute atomic E-state index is 14.5. The zero-order valence-electron chi connectivity index (χ0n) is 28.7. The third kappa shape index (κ3) is 7.68. The van der Waals surface area contributed by atoms with Crippen LogP contribution in [0.15, 0.2) is 55.6 Å². The zero-order chi connectivity index (χ0) is 34.8. The van der Waals surface area contributed by atoms with Crippen LogP contribution < -0.4 is 5.32 Å². The number of unbranched alkanes of at least 4 members (excludes halogenated alkanes) is 1. The number of methoxy groups -OCH3 is 1. The minimum atomic E-state index is -1.18. The first-order chi connectivity index (χ1) is 23.2. The van der Waals surface area contributed by atoms with Gasteiger partial charge in [-0.2, -0.15) is 0 Å². The van der Waals surface area contributed by atoms with Gasteiger partial charge in [0.25, 0.3) is 0 Å². The maximum Gasteiger partial charge on any atom is 0.313 e. The molecule has 3 saturated heterocycles. The summed E-state index contributed by atoms with van der Waals surface area (Å²) in [7, 11) is 1.51. The Morgan fingerprint density at radius 3 is 2.60 bits per heavy atom. The molecule has 3 fully saturated rings. The molecule has 2 bridgehead atoms. The number of carbonyl (C=O) groups excluding carboxylic acids is 4. The van der Waals surface area contributed by atoms with Gasteiger partial charge in [-0.15, -0.1) is 13.2 Å². The number of allylic oxidation sites excluding steroid dienone is 1. The molecule has 1 spiro atoms. The SMILES string of the molecule is C=CCCC(=O)N[C@@H](COC)[C@@H](OC(=O)[C@@H]1[C@@H]2CC[C@]3(O2)[C@H](C(=O)N(CC=C)C(C)CCC)N(CCCCO)C(=O)[C@@H]13)c1ccccc1. The largest absolute Gasteiger partial charge is 0.455 e. The molecule has 0 aromatic heterocycles. The summed E-state index contributed by atoms with van der Waals surface area (Å²) in [6.07, 6.45) is 6.16. The molecule has 0 radical (unpaired) electrons. The van der Waals surface area contributed by atoms with Crippen LogP contribution in [0.1, 0.15) is 76.9 Å². The second-order valence-corrected chi connectivity index (χ2v) is 13.2. The average molecular weight is 668 g/mol. The topological polar surface area (TPSA) is 135 Å². The van der Waals surface area contributed by atoms with E-state index in [9.17, 15) is 24.3 Å². The lowest BCUT2D eigenvalue weighted by molar-refractivity contribution is -0.163. The van der Waals surface area contributed by atoms with E-state index in [1.54, 1.807) is 22.0 Å². The fourth-order valence-electron chi connectivity index (χ4n) is 7.82. The van der Waals surface area contributed by atoms with Crippen LogP contribution in [0.25, 0.3) is 0 Å². The number of likely N-dealkylation sites (tertiary alicyclic amines) is 1. The molecule has 3 amide bonds. The number of carbonyl (C=O) groups is 4. The third-order valence-electron chi connectivity index (χ3n) is 9.97. The smallest absolute Gasteiger partial charge is 0.313 e. The molecule has 3 aliphatic heterocycles. The van der Waals surface area contributed by atoms with Crippen molar-refractivity contribution in [1.29, 1.82) is 0 Å². The van der Waals surface area contributed by atoms with E-state index in [1.807, 2.05) is 37.3 Å². The van der Waals surface area contributed by atoms with Crippen molar-refractivity contribution in [2.75, 3.05) is 33.4 Å². The second-order valence-electron chi connectivity index (χ2n) is 13.2. The van der Waals surface area contributed by atoms with Gasteiger partial charge in [0.1, 0.15) is 17.7 Å². The average Bonchev–Trinajstić information content (AvgIpc) is 3.72. The van der Waals surface area contributed by atoms with Crippen molar-refractivity contribution >= 4 is 23.7 Å². The van der Waals surface area contributed by atoms with Gasteiger partial charge in [-0.25, -0.2) is 0 Å². The van der Waals surface area contributed by atoms with E-state index in [1.165, 1.54) is 7.11 Å². The molecule has 4 rings (SSSR count). The van der Waals surface area contributed by atoms with Crippen LogP contribution in [0, 0.1) is 11.8 Å². The van der Waals surface area contributed by atoms with Gasteiger partial charge in [0.05, 0.1) is 30.6 Å². The molecule has 11 nitrogen and oxygen atoms in total. The van der Waals surface area contributed by atoms with Gasteiger partial charge in [-0.1, -0.05) is 55.8 Å². The number of esters is 1. The summed E-state index contributed by atoms with van der Waals surface area (Å²) in [5, 5.41) is 12.5. The molecular formula is C37H53N3O8. The molecule has 264 valence electrons. The highest BCUT2D eigenvalue weighted by atomic mass is 16.6. The summed E-state index contributed by atoms with van der Waals surface area (Å²) in [6, 6.07) is 7.43. The molecule has 0 saturated carbocycles. The minimum absolute atomic E-state index is 0.0352. The summed E-state index contributed by atoms with van der Waals surface area (Å²) in [6.45, 7) is 12.2. The van der Waals surface area contributed by atoms with Crippen LogP contribution in [0.3, 0.4) is 0 Å². The quantitative estimate of drug-likeness (QED) is 0.122. The number of fused-ring (bicyclic) bond motifs is 1. The van der Waals surface area contributed by atoms with Crippen LogP contribution in [-0.4, -0.2) is 102 Å². The minimum Gasteiger partial charge on any atom is -0.455 e. The first-order valence-electron chi connectivity index (χ1n) is 17.3. The van der Waals surface area contributed by atoms with Gasteiger partial charge in [-0.05, 0) is 51.0 Å². The Morgan fingerprint density at radius 2 is 1.96 bits per heavy atom. The standard InChI is InChI=1S/C37H53N3O8/c1-6-9-18-29(42)38-27(24-46-5)32(26-16-11-10-12-17-26)47-36(45)30-28-19-20-37(48-28)31(30)34(43)40(22-13-14-23-41)33(37)35(44)39(21-8-3)25(4)15-7-2/h6,8,10-12,16-17,25,27-28,30-33,41H,1,3,7,9,13-15,18-24H2,2,4-5H3,(H,38,42)/t25?,27-,28-,30+,31+,32-,33-,37+/m0/s1. The van der Waals surface area contributed by atoms with Crippen LogP contribution in [0.4, 0.5) is 0 Å². The molecule has 3 heterocycles. The predicted octanol–water partition coefficient (Wildman–Crippen LogP) is 3.72. The van der Waals surface area contributed by atoms with E-state index in [4.69, 9.17) is 14.2 Å². The first kappa shape index (κ1) is 37.3. The fourth-order valence-corrected chi connectivity index (χ4v) is 7.82. The number of aliphatic hydroxyl groups excluding tert-OH is 1. The Labute approximate surface area is 284 Å². The summed E-state index contributed by atoms with van der Waals surface area (Å²) in [4.78, 5) is 59.5. The number of ether oxygens (including phenoxy) is 3. The van der Waals surface area contributed by atoms with Crippen molar-refractivity contribution in [3.8, 4) is 0 Å². The summed E-state index contributed by atoms with van der Waals surface area (Å²) < 4.78 is 18.4. The monoisotopic (exact) mass is 667 g/mol. The Balaban J connectivity index is 1.68. The van der Waals surface area contributed by atoms with Crippen molar-refractivity contribution in [2.45, 2.75) is 101 Å². The Kier molecular flexibility index (Phi) is 13.4. The third-order valence-corrected chi connectivity index (χ3v) is 9.97. The normalized spacial score (nSPS) is 26.0. The van der Waals surface area contributed by atoms with Gasteiger partial charge in [0.15, 0.2) is 0 Å². The van der Waals surface area contributed by atoms with Crippen LogP contribution in [-0.2, 0) is 33.4 Å². The number of nitrogens with zero attached hydrogens (tertiary/aromatic N) is 2. The lowest BCUT2D eigenvalue weighted by atomic mass is 9.70. The summed E-state index contributed by atoms with van der Waals surface area (Å²) in [5.41, 5.74) is -0.516. The summed E-state index contributed by atoms with van der Waals surface area (Å²) in [5.74, 6) is -3.20. The van der Waals surface area contributed by atoms with E-state index in [-0.39, 0.29) is 49.9 Å². The first-order valence-corrected chi connectivity index (χ1v) is 17.3. The number of hydrogen-bond acceptors (Lipinski definition) is 8. The Morgan fingerprint density at radius 1 is 1.21 bits per heavy atom. The highest BCUT2D eigenvalue weighted by molar-refractivity contribution is 5.98. The van der Waals surface area contributed by atoms with Crippen molar-refractivity contribution in [1.82, 2.24) is 15.1 Å². The number of amides is 3. The van der Waals surface area contributed by atoms with E-state index < -0.39 is 47.7 Å². The van der Waals surface area contributed by atoms with Gasteiger partial charge in [0.2, 0.25) is 17.7 Å². The van der Waals surface area contributed by atoms with Crippen LogP contribution >= 0.6 is 0 Å².